The summed E-state index contributed by atoms with van der Waals surface area (Å²) in [5.74, 6) is 0.221. The zero-order valence-electron chi connectivity index (χ0n) is 13.0. The first-order valence-electron chi connectivity index (χ1n) is 7.01. The molecule has 1 atom stereocenters. The molecule has 0 saturated heterocycles. The third-order valence-electron chi connectivity index (χ3n) is 2.90. The summed E-state index contributed by atoms with van der Waals surface area (Å²) in [6.07, 6.45) is -0.559. The Morgan fingerprint density at radius 1 is 1.48 bits per heavy atom. The average molecular weight is 318 g/mol. The highest BCUT2D eigenvalue weighted by molar-refractivity contribution is 6.30. The summed E-state index contributed by atoms with van der Waals surface area (Å²) in [6, 6.07) is 0. The topological polar surface area (TPSA) is 76.4 Å². The fourth-order valence-electron chi connectivity index (χ4n) is 1.83. The Labute approximate surface area is 130 Å². The predicted octanol–water partition coefficient (Wildman–Crippen LogP) is 1.07. The second-order valence-electron chi connectivity index (χ2n) is 5.54. The maximum Gasteiger partial charge on any atom is 0.224 e. The van der Waals surface area contributed by atoms with Crippen molar-refractivity contribution < 1.29 is 14.6 Å². The van der Waals surface area contributed by atoms with Crippen molar-refractivity contribution >= 4 is 17.5 Å². The summed E-state index contributed by atoms with van der Waals surface area (Å²) in [4.78, 5) is 11.9. The summed E-state index contributed by atoms with van der Waals surface area (Å²) < 4.78 is 6.85. The lowest BCUT2D eigenvalue weighted by Gasteiger charge is -2.13. The van der Waals surface area contributed by atoms with Crippen molar-refractivity contribution in [1.82, 2.24) is 15.1 Å². The van der Waals surface area contributed by atoms with Crippen LogP contribution in [0.3, 0.4) is 0 Å². The van der Waals surface area contributed by atoms with Crippen LogP contribution in [0.15, 0.2) is 0 Å². The molecule has 0 aliphatic rings. The van der Waals surface area contributed by atoms with E-state index in [1.807, 2.05) is 20.8 Å². The van der Waals surface area contributed by atoms with Crippen molar-refractivity contribution in [3.05, 3.63) is 16.4 Å². The molecule has 1 unspecified atom stereocenters. The van der Waals surface area contributed by atoms with E-state index in [9.17, 15) is 9.90 Å². The van der Waals surface area contributed by atoms with Crippen molar-refractivity contribution in [3.8, 4) is 0 Å². The first-order valence-corrected chi connectivity index (χ1v) is 7.39. The van der Waals surface area contributed by atoms with Crippen LogP contribution in [0.1, 0.15) is 25.1 Å². The fourth-order valence-corrected chi connectivity index (χ4v) is 2.07. The molecule has 0 fully saturated rings. The van der Waals surface area contributed by atoms with Crippen LogP contribution in [0, 0.1) is 12.8 Å². The van der Waals surface area contributed by atoms with Crippen LogP contribution in [0.25, 0.3) is 0 Å². The number of carbonyl (C=O) groups is 1. The molecule has 2 N–H and O–H groups in total. The molecule has 7 heteroatoms. The number of ether oxygens (including phenoxy) is 1. The maximum absolute atomic E-state index is 11.9. The number of nitrogens with zero attached hydrogens (tertiary/aromatic N) is 2. The van der Waals surface area contributed by atoms with Gasteiger partial charge in [0, 0.05) is 25.8 Å². The van der Waals surface area contributed by atoms with Crippen molar-refractivity contribution in [2.75, 3.05) is 19.8 Å². The monoisotopic (exact) mass is 317 g/mol. The van der Waals surface area contributed by atoms with Gasteiger partial charge in [0.05, 0.1) is 24.8 Å². The number of aromatic nitrogens is 2. The van der Waals surface area contributed by atoms with Gasteiger partial charge in [0.25, 0.3) is 0 Å². The average Bonchev–Trinajstić information content (AvgIpc) is 2.62. The summed E-state index contributed by atoms with van der Waals surface area (Å²) in [5.41, 5.74) is 1.45. The van der Waals surface area contributed by atoms with E-state index in [1.54, 1.807) is 7.05 Å². The number of nitrogens with one attached hydrogen (secondary N) is 1. The van der Waals surface area contributed by atoms with Crippen molar-refractivity contribution in [1.29, 1.82) is 0 Å². The molecule has 1 amide bonds. The first-order chi connectivity index (χ1) is 9.81. The van der Waals surface area contributed by atoms with Crippen LogP contribution < -0.4 is 5.32 Å². The van der Waals surface area contributed by atoms with Gasteiger partial charge in [-0.25, -0.2) is 0 Å². The largest absolute Gasteiger partial charge is 0.389 e. The Kier molecular flexibility index (Phi) is 7.14. The molecule has 1 heterocycles. The van der Waals surface area contributed by atoms with E-state index in [1.165, 1.54) is 4.68 Å². The highest BCUT2D eigenvalue weighted by atomic mass is 35.5. The van der Waals surface area contributed by atoms with E-state index in [0.717, 1.165) is 5.69 Å². The molecule has 0 saturated carbocycles. The van der Waals surface area contributed by atoms with Crippen LogP contribution in [-0.2, 0) is 23.0 Å². The van der Waals surface area contributed by atoms with Gasteiger partial charge in [-0.1, -0.05) is 25.4 Å². The van der Waals surface area contributed by atoms with Crippen LogP contribution >= 0.6 is 11.6 Å². The van der Waals surface area contributed by atoms with E-state index >= 15 is 0 Å². The van der Waals surface area contributed by atoms with E-state index in [0.29, 0.717) is 23.2 Å². The third-order valence-corrected chi connectivity index (χ3v) is 3.38. The van der Waals surface area contributed by atoms with Gasteiger partial charge in [-0.05, 0) is 12.8 Å². The molecule has 0 aromatic carbocycles. The molecule has 120 valence electrons. The quantitative estimate of drug-likeness (QED) is 0.752. The number of carbonyl (C=O) groups excluding carboxylic acids is 1. The smallest absolute Gasteiger partial charge is 0.224 e. The Balaban J connectivity index is 2.34. The zero-order chi connectivity index (χ0) is 16.0. The van der Waals surface area contributed by atoms with Gasteiger partial charge in [0.1, 0.15) is 5.15 Å². The standard InChI is InChI=1S/C14H24ClN3O3/c1-9(2)7-21-8-11(19)6-16-13(20)5-12-10(3)17-18(4)14(12)15/h9,11,19H,5-8H2,1-4H3,(H,16,20). The molecule has 0 spiro atoms. The molecule has 1 aromatic rings. The number of amides is 1. The molecular weight excluding hydrogens is 294 g/mol. The summed E-state index contributed by atoms with van der Waals surface area (Å²) in [7, 11) is 1.73. The lowest BCUT2D eigenvalue weighted by Crippen LogP contribution is -2.35. The minimum atomic E-state index is -0.710. The van der Waals surface area contributed by atoms with Crippen molar-refractivity contribution in [2.24, 2.45) is 13.0 Å². The lowest BCUT2D eigenvalue weighted by atomic mass is 10.2. The SMILES string of the molecule is Cc1nn(C)c(Cl)c1CC(=O)NCC(O)COCC(C)C. The Bertz CT molecular complexity index is 474. The van der Waals surface area contributed by atoms with Crippen molar-refractivity contribution in [3.63, 3.8) is 0 Å². The number of hydrogen-bond acceptors (Lipinski definition) is 4. The molecule has 0 radical (unpaired) electrons. The molecule has 1 rings (SSSR count). The Morgan fingerprint density at radius 3 is 2.67 bits per heavy atom. The van der Waals surface area contributed by atoms with Crippen molar-refractivity contribution in [2.45, 2.75) is 33.3 Å². The van der Waals surface area contributed by atoms with E-state index < -0.39 is 6.10 Å². The van der Waals surface area contributed by atoms with Gasteiger partial charge < -0.3 is 15.2 Å². The number of aliphatic hydroxyl groups is 1. The Morgan fingerprint density at radius 2 is 2.14 bits per heavy atom. The highest BCUT2D eigenvalue weighted by Gasteiger charge is 2.15. The van der Waals surface area contributed by atoms with Gasteiger partial charge in [0.15, 0.2) is 0 Å². The molecule has 6 nitrogen and oxygen atoms in total. The Hall–Kier alpha value is -1.11. The molecular formula is C14H24ClN3O3. The number of hydrogen-bond donors (Lipinski definition) is 2. The molecule has 1 aromatic heterocycles. The third kappa shape index (κ3) is 6.03. The maximum atomic E-state index is 11.9. The molecule has 0 aliphatic carbocycles. The molecule has 0 bridgehead atoms. The predicted molar refractivity (Wildman–Crippen MR) is 81.3 cm³/mol. The summed E-state index contributed by atoms with van der Waals surface area (Å²) in [6.45, 7) is 6.85. The van der Waals surface area contributed by atoms with Gasteiger partial charge >= 0.3 is 0 Å². The number of halogens is 1. The molecule has 0 aliphatic heterocycles. The first kappa shape index (κ1) is 17.9. The number of rotatable bonds is 8. The summed E-state index contributed by atoms with van der Waals surface area (Å²) >= 11 is 6.07. The van der Waals surface area contributed by atoms with Crippen LogP contribution in [-0.4, -0.2) is 46.7 Å². The van der Waals surface area contributed by atoms with Gasteiger partial charge in [-0.15, -0.1) is 0 Å². The number of aliphatic hydroxyl groups excluding tert-OH is 1. The number of aryl methyl sites for hydroxylation is 2. The van der Waals surface area contributed by atoms with Crippen LogP contribution in [0.5, 0.6) is 0 Å². The highest BCUT2D eigenvalue weighted by Crippen LogP contribution is 2.18. The lowest BCUT2D eigenvalue weighted by molar-refractivity contribution is -0.121. The van der Waals surface area contributed by atoms with E-state index in [4.69, 9.17) is 16.3 Å². The second-order valence-corrected chi connectivity index (χ2v) is 5.90. The molecule has 21 heavy (non-hydrogen) atoms. The zero-order valence-corrected chi connectivity index (χ0v) is 13.8. The van der Waals surface area contributed by atoms with E-state index in [-0.39, 0.29) is 25.5 Å². The van der Waals surface area contributed by atoms with Gasteiger partial charge in [0.2, 0.25) is 5.91 Å². The fraction of sp³-hybridized carbons (Fsp3) is 0.714. The minimum Gasteiger partial charge on any atom is -0.389 e. The normalized spacial score (nSPS) is 12.7. The summed E-state index contributed by atoms with van der Waals surface area (Å²) in [5, 5.41) is 17.0. The second kappa shape index (κ2) is 8.36. The van der Waals surface area contributed by atoms with Gasteiger partial charge in [-0.3, -0.25) is 9.48 Å². The van der Waals surface area contributed by atoms with Crippen LogP contribution in [0.4, 0.5) is 0 Å². The van der Waals surface area contributed by atoms with Crippen LogP contribution in [0.2, 0.25) is 5.15 Å². The van der Waals surface area contributed by atoms with Gasteiger partial charge in [-0.2, -0.15) is 5.10 Å². The minimum absolute atomic E-state index is 0.151. The van der Waals surface area contributed by atoms with E-state index in [2.05, 4.69) is 10.4 Å².